The SMILES string of the molecule is O=C(O)[C@H]1CS[C@H](c2c(F)cc(F)cc2F)N1. The first kappa shape index (κ1) is 12.3. The van der Waals surface area contributed by atoms with E-state index in [-0.39, 0.29) is 11.3 Å². The Labute approximate surface area is 99.0 Å². The zero-order valence-electron chi connectivity index (χ0n) is 8.41. The molecule has 0 unspecified atom stereocenters. The maximum Gasteiger partial charge on any atom is 0.321 e. The van der Waals surface area contributed by atoms with Crippen LogP contribution in [0.1, 0.15) is 10.9 Å². The normalized spacial score (nSPS) is 23.9. The highest BCUT2D eigenvalue weighted by Gasteiger charge is 2.33. The Morgan fingerprint density at radius 2 is 1.94 bits per heavy atom. The molecule has 1 aliphatic heterocycles. The number of nitrogens with one attached hydrogen (secondary N) is 1. The molecule has 1 fully saturated rings. The number of carbonyl (C=O) groups is 1. The van der Waals surface area contributed by atoms with Crippen LogP contribution in [-0.4, -0.2) is 22.9 Å². The first-order valence-corrected chi connectivity index (χ1v) is 5.79. The third-order valence-electron chi connectivity index (χ3n) is 2.39. The monoisotopic (exact) mass is 263 g/mol. The van der Waals surface area contributed by atoms with E-state index in [2.05, 4.69) is 5.32 Å². The number of carboxylic acid groups (broad SMARTS) is 1. The van der Waals surface area contributed by atoms with Gasteiger partial charge >= 0.3 is 5.97 Å². The largest absolute Gasteiger partial charge is 0.480 e. The molecule has 2 rings (SSSR count). The van der Waals surface area contributed by atoms with Gasteiger partial charge in [0.2, 0.25) is 0 Å². The summed E-state index contributed by atoms with van der Waals surface area (Å²) in [6, 6.07) is 0.303. The van der Waals surface area contributed by atoms with Gasteiger partial charge in [-0.05, 0) is 0 Å². The van der Waals surface area contributed by atoms with Gasteiger partial charge in [-0.25, -0.2) is 13.2 Å². The molecule has 1 aromatic rings. The molecule has 2 N–H and O–H groups in total. The van der Waals surface area contributed by atoms with Crippen molar-refractivity contribution in [3.63, 3.8) is 0 Å². The van der Waals surface area contributed by atoms with E-state index in [4.69, 9.17) is 5.11 Å². The number of thioether (sulfide) groups is 1. The van der Waals surface area contributed by atoms with Crippen molar-refractivity contribution in [2.75, 3.05) is 5.75 Å². The minimum Gasteiger partial charge on any atom is -0.480 e. The van der Waals surface area contributed by atoms with Gasteiger partial charge in [0.15, 0.2) is 0 Å². The van der Waals surface area contributed by atoms with Crippen LogP contribution in [0.5, 0.6) is 0 Å². The summed E-state index contributed by atoms with van der Waals surface area (Å²) in [4.78, 5) is 10.7. The Morgan fingerprint density at radius 3 is 2.41 bits per heavy atom. The number of hydrogen-bond acceptors (Lipinski definition) is 3. The highest BCUT2D eigenvalue weighted by Crippen LogP contribution is 2.35. The summed E-state index contributed by atoms with van der Waals surface area (Å²) < 4.78 is 39.5. The molecular formula is C10H8F3NO2S. The molecule has 92 valence electrons. The third-order valence-corrected chi connectivity index (χ3v) is 3.62. The second-order valence-electron chi connectivity index (χ2n) is 3.55. The minimum absolute atomic E-state index is 0.205. The molecule has 1 aromatic carbocycles. The lowest BCUT2D eigenvalue weighted by molar-refractivity contribution is -0.138. The highest BCUT2D eigenvalue weighted by molar-refractivity contribution is 7.99. The standard InChI is InChI=1S/C10H8F3NO2S/c11-4-1-5(12)8(6(13)2-4)9-14-7(3-17-9)10(15)16/h1-2,7,9,14H,3H2,(H,15,16)/t7-,9-/m1/s1. The molecule has 1 saturated heterocycles. The first-order chi connectivity index (χ1) is 7.99. The zero-order valence-corrected chi connectivity index (χ0v) is 9.23. The van der Waals surface area contributed by atoms with E-state index < -0.39 is 34.8 Å². The number of aliphatic carboxylic acids is 1. The molecule has 0 spiro atoms. The van der Waals surface area contributed by atoms with Crippen LogP contribution < -0.4 is 5.32 Å². The molecule has 0 saturated carbocycles. The number of halogens is 3. The van der Waals surface area contributed by atoms with E-state index >= 15 is 0 Å². The summed E-state index contributed by atoms with van der Waals surface area (Å²) in [5, 5.41) is 10.5. The molecule has 2 atom stereocenters. The number of benzene rings is 1. The Morgan fingerprint density at radius 1 is 1.35 bits per heavy atom. The van der Waals surface area contributed by atoms with Gasteiger partial charge in [-0.2, -0.15) is 0 Å². The molecule has 1 heterocycles. The van der Waals surface area contributed by atoms with Crippen molar-refractivity contribution in [1.82, 2.24) is 5.32 Å². The summed E-state index contributed by atoms with van der Waals surface area (Å²) in [7, 11) is 0. The van der Waals surface area contributed by atoms with E-state index in [1.54, 1.807) is 0 Å². The van der Waals surface area contributed by atoms with Crippen LogP contribution in [0.15, 0.2) is 12.1 Å². The summed E-state index contributed by atoms with van der Waals surface area (Å²) in [6.07, 6.45) is 0. The fraction of sp³-hybridized carbons (Fsp3) is 0.300. The molecule has 7 heteroatoms. The van der Waals surface area contributed by atoms with Gasteiger partial charge in [0, 0.05) is 17.9 Å². The molecular weight excluding hydrogens is 255 g/mol. The predicted octanol–water partition coefficient (Wildman–Crippen LogP) is 1.89. The van der Waals surface area contributed by atoms with Crippen molar-refractivity contribution in [2.45, 2.75) is 11.4 Å². The Balaban J connectivity index is 2.27. The van der Waals surface area contributed by atoms with Crippen LogP contribution >= 0.6 is 11.8 Å². The van der Waals surface area contributed by atoms with E-state index in [1.807, 2.05) is 0 Å². The van der Waals surface area contributed by atoms with Gasteiger partial charge in [0.05, 0.1) is 10.9 Å². The molecule has 0 radical (unpaired) electrons. The van der Waals surface area contributed by atoms with Crippen LogP contribution in [0.2, 0.25) is 0 Å². The average Bonchev–Trinajstić information content (AvgIpc) is 2.65. The van der Waals surface area contributed by atoms with Crippen LogP contribution in [0, 0.1) is 17.5 Å². The fourth-order valence-electron chi connectivity index (χ4n) is 1.58. The molecule has 0 amide bonds. The van der Waals surface area contributed by atoms with Crippen molar-refractivity contribution in [2.24, 2.45) is 0 Å². The van der Waals surface area contributed by atoms with E-state index in [1.165, 1.54) is 0 Å². The van der Waals surface area contributed by atoms with Gasteiger partial charge in [-0.3, -0.25) is 10.1 Å². The Hall–Kier alpha value is -1.21. The van der Waals surface area contributed by atoms with Gasteiger partial charge in [0.1, 0.15) is 23.5 Å². The predicted molar refractivity (Wildman–Crippen MR) is 56.1 cm³/mol. The van der Waals surface area contributed by atoms with Crippen LogP contribution in [0.25, 0.3) is 0 Å². The van der Waals surface area contributed by atoms with Crippen molar-refractivity contribution in [3.8, 4) is 0 Å². The first-order valence-electron chi connectivity index (χ1n) is 4.74. The fourth-order valence-corrected chi connectivity index (χ4v) is 2.86. The maximum atomic E-state index is 13.4. The molecule has 17 heavy (non-hydrogen) atoms. The van der Waals surface area contributed by atoms with E-state index in [0.717, 1.165) is 11.8 Å². The number of carboxylic acids is 1. The smallest absolute Gasteiger partial charge is 0.321 e. The van der Waals surface area contributed by atoms with Gasteiger partial charge < -0.3 is 5.11 Å². The lowest BCUT2D eigenvalue weighted by Crippen LogP contribution is -2.34. The third kappa shape index (κ3) is 2.39. The van der Waals surface area contributed by atoms with Gasteiger partial charge in [0.25, 0.3) is 0 Å². The van der Waals surface area contributed by atoms with Crippen LogP contribution in [0.4, 0.5) is 13.2 Å². The second kappa shape index (κ2) is 4.58. The topological polar surface area (TPSA) is 49.3 Å². The van der Waals surface area contributed by atoms with E-state index in [9.17, 15) is 18.0 Å². The highest BCUT2D eigenvalue weighted by atomic mass is 32.2. The van der Waals surface area contributed by atoms with Crippen LogP contribution in [-0.2, 0) is 4.79 Å². The number of rotatable bonds is 2. The Kier molecular flexibility index (Phi) is 3.30. The Bertz CT molecular complexity index is 446. The van der Waals surface area contributed by atoms with Crippen molar-refractivity contribution in [3.05, 3.63) is 35.1 Å². The summed E-state index contributed by atoms with van der Waals surface area (Å²) in [5.74, 6) is -3.91. The van der Waals surface area contributed by atoms with Crippen molar-refractivity contribution in [1.29, 1.82) is 0 Å². The molecule has 0 aliphatic carbocycles. The summed E-state index contributed by atoms with van der Waals surface area (Å²) >= 11 is 1.07. The molecule has 0 bridgehead atoms. The van der Waals surface area contributed by atoms with Gasteiger partial charge in [-0.1, -0.05) is 0 Å². The number of hydrogen-bond donors (Lipinski definition) is 2. The quantitative estimate of drug-likeness (QED) is 0.855. The lowest BCUT2D eigenvalue weighted by Gasteiger charge is -2.13. The van der Waals surface area contributed by atoms with Crippen molar-refractivity contribution < 1.29 is 23.1 Å². The minimum atomic E-state index is -1.08. The average molecular weight is 263 g/mol. The second-order valence-corrected chi connectivity index (χ2v) is 4.69. The van der Waals surface area contributed by atoms with E-state index in [0.29, 0.717) is 12.1 Å². The summed E-state index contributed by atoms with van der Waals surface area (Å²) in [6.45, 7) is 0. The lowest BCUT2D eigenvalue weighted by atomic mass is 10.1. The molecule has 3 nitrogen and oxygen atoms in total. The summed E-state index contributed by atoms with van der Waals surface area (Å²) in [5.41, 5.74) is -0.333. The van der Waals surface area contributed by atoms with Crippen LogP contribution in [0.3, 0.4) is 0 Å². The van der Waals surface area contributed by atoms with Crippen molar-refractivity contribution >= 4 is 17.7 Å². The molecule has 0 aromatic heterocycles. The van der Waals surface area contributed by atoms with Gasteiger partial charge in [-0.15, -0.1) is 11.8 Å². The molecule has 1 aliphatic rings. The maximum absolute atomic E-state index is 13.4. The zero-order chi connectivity index (χ0) is 12.6.